The van der Waals surface area contributed by atoms with E-state index in [4.69, 9.17) is 4.74 Å². The molecule has 1 aromatic heterocycles. The van der Waals surface area contributed by atoms with Gasteiger partial charge in [-0.3, -0.25) is 4.79 Å². The molecular formula is C16H22BrNO2S. The largest absolute Gasteiger partial charge is 0.368 e. The fourth-order valence-electron chi connectivity index (χ4n) is 3.28. The number of carbonyl (C=O) groups excluding carboxylic acids is 1. The number of hydrogen-bond donors (Lipinski definition) is 0. The van der Waals surface area contributed by atoms with E-state index in [1.807, 2.05) is 4.90 Å². The predicted octanol–water partition coefficient (Wildman–Crippen LogP) is 3.64. The second kappa shape index (κ2) is 6.01. The Morgan fingerprint density at radius 1 is 1.48 bits per heavy atom. The van der Waals surface area contributed by atoms with Gasteiger partial charge in [-0.15, -0.1) is 11.3 Å². The van der Waals surface area contributed by atoms with Crippen molar-refractivity contribution in [1.29, 1.82) is 0 Å². The highest BCUT2D eigenvalue weighted by Crippen LogP contribution is 2.31. The van der Waals surface area contributed by atoms with Gasteiger partial charge in [-0.2, -0.15) is 0 Å². The van der Waals surface area contributed by atoms with Crippen molar-refractivity contribution >= 4 is 33.2 Å². The molecule has 0 N–H and O–H groups in total. The zero-order valence-corrected chi connectivity index (χ0v) is 15.1. The van der Waals surface area contributed by atoms with Crippen LogP contribution in [0.2, 0.25) is 0 Å². The molecule has 1 atom stereocenters. The molecule has 0 saturated carbocycles. The summed E-state index contributed by atoms with van der Waals surface area (Å²) >= 11 is 5.18. The molecule has 1 aliphatic heterocycles. The normalized spacial score (nSPS) is 24.7. The van der Waals surface area contributed by atoms with E-state index >= 15 is 0 Å². The molecule has 1 saturated heterocycles. The number of rotatable bonds is 2. The summed E-state index contributed by atoms with van der Waals surface area (Å²) in [5, 5.41) is 0.765. The van der Waals surface area contributed by atoms with Gasteiger partial charge in [0.1, 0.15) is 0 Å². The Morgan fingerprint density at radius 2 is 2.24 bits per heavy atom. The number of thiophene rings is 1. The van der Waals surface area contributed by atoms with E-state index in [0.29, 0.717) is 13.1 Å². The maximum atomic E-state index is 12.8. The molecule has 116 valence electrons. The molecule has 2 aliphatic rings. The van der Waals surface area contributed by atoms with Crippen LogP contribution in [-0.2, 0) is 17.6 Å². The first kappa shape index (κ1) is 15.5. The van der Waals surface area contributed by atoms with E-state index in [2.05, 4.69) is 35.8 Å². The lowest BCUT2D eigenvalue weighted by molar-refractivity contribution is -0.116. The number of hydrogen-bond acceptors (Lipinski definition) is 3. The van der Waals surface area contributed by atoms with Gasteiger partial charge in [0.15, 0.2) is 0 Å². The quantitative estimate of drug-likeness (QED) is 0.742. The number of amides is 1. The van der Waals surface area contributed by atoms with Gasteiger partial charge in [-0.1, -0.05) is 15.9 Å². The summed E-state index contributed by atoms with van der Waals surface area (Å²) in [7, 11) is 0. The monoisotopic (exact) mass is 371 g/mol. The molecule has 1 aromatic rings. The van der Waals surface area contributed by atoms with E-state index in [1.165, 1.54) is 23.3 Å². The summed E-state index contributed by atoms with van der Waals surface area (Å²) < 4.78 is 5.98. The van der Waals surface area contributed by atoms with E-state index in [0.717, 1.165) is 23.0 Å². The molecule has 1 unspecified atom stereocenters. The van der Waals surface area contributed by atoms with E-state index in [9.17, 15) is 4.79 Å². The number of alkyl halides is 1. The second-order valence-corrected chi connectivity index (χ2v) is 8.39. The molecule has 5 heteroatoms. The maximum Gasteiger partial charge on any atom is 0.264 e. The molecule has 3 nitrogen and oxygen atoms in total. The lowest BCUT2D eigenvalue weighted by atomic mass is 9.99. The summed E-state index contributed by atoms with van der Waals surface area (Å²) in [6.07, 6.45) is 4.88. The summed E-state index contributed by atoms with van der Waals surface area (Å²) in [6, 6.07) is 2.13. The Morgan fingerprint density at radius 3 is 2.95 bits per heavy atom. The smallest absolute Gasteiger partial charge is 0.264 e. The average Bonchev–Trinajstić information content (AvgIpc) is 2.88. The van der Waals surface area contributed by atoms with E-state index in [-0.39, 0.29) is 17.6 Å². The molecule has 0 aromatic carbocycles. The van der Waals surface area contributed by atoms with Crippen molar-refractivity contribution in [3.05, 3.63) is 21.4 Å². The van der Waals surface area contributed by atoms with Crippen LogP contribution in [0.15, 0.2) is 6.07 Å². The van der Waals surface area contributed by atoms with Crippen LogP contribution in [0.5, 0.6) is 0 Å². The van der Waals surface area contributed by atoms with Gasteiger partial charge in [0.2, 0.25) is 0 Å². The molecule has 1 aliphatic carbocycles. The van der Waals surface area contributed by atoms with Crippen molar-refractivity contribution in [3.63, 3.8) is 0 Å². The Balaban J connectivity index is 1.79. The highest BCUT2D eigenvalue weighted by molar-refractivity contribution is 9.09. The van der Waals surface area contributed by atoms with Crippen LogP contribution in [0.1, 0.15) is 46.8 Å². The number of aryl methyl sites for hydroxylation is 2. The number of morpholine rings is 1. The van der Waals surface area contributed by atoms with Gasteiger partial charge in [0, 0.05) is 23.3 Å². The van der Waals surface area contributed by atoms with Crippen LogP contribution < -0.4 is 0 Å². The zero-order valence-electron chi connectivity index (χ0n) is 12.7. The predicted molar refractivity (Wildman–Crippen MR) is 89.6 cm³/mol. The number of halogens is 1. The Bertz CT molecular complexity index is 517. The molecule has 0 radical (unpaired) electrons. The summed E-state index contributed by atoms with van der Waals surface area (Å²) in [6.45, 7) is 5.46. The van der Waals surface area contributed by atoms with Gasteiger partial charge in [-0.05, 0) is 51.2 Å². The fraction of sp³-hybridized carbons (Fsp3) is 0.688. The van der Waals surface area contributed by atoms with Crippen molar-refractivity contribution in [2.24, 2.45) is 0 Å². The lowest BCUT2D eigenvalue weighted by Gasteiger charge is -2.42. The van der Waals surface area contributed by atoms with Gasteiger partial charge in [0.25, 0.3) is 5.91 Å². The van der Waals surface area contributed by atoms with Gasteiger partial charge in [-0.25, -0.2) is 0 Å². The van der Waals surface area contributed by atoms with Crippen LogP contribution in [0.25, 0.3) is 0 Å². The SMILES string of the molecule is CC1(C)CN(C(=O)c2cc3c(s2)CCCC3)CC(CBr)O1. The molecule has 0 bridgehead atoms. The maximum absolute atomic E-state index is 12.8. The van der Waals surface area contributed by atoms with Crippen molar-refractivity contribution in [2.45, 2.75) is 51.2 Å². The topological polar surface area (TPSA) is 29.5 Å². The highest BCUT2D eigenvalue weighted by Gasteiger charge is 2.36. The third-order valence-corrected chi connectivity index (χ3v) is 6.10. The Hall–Kier alpha value is -0.390. The third kappa shape index (κ3) is 3.35. The standard InChI is InChI=1S/C16H22BrNO2S/c1-16(2)10-18(9-12(8-17)20-16)15(19)14-7-11-5-3-4-6-13(11)21-14/h7,12H,3-6,8-10H2,1-2H3. The van der Waals surface area contributed by atoms with Crippen molar-refractivity contribution < 1.29 is 9.53 Å². The number of fused-ring (bicyclic) bond motifs is 1. The number of nitrogens with zero attached hydrogens (tertiary/aromatic N) is 1. The lowest BCUT2D eigenvalue weighted by Crippen LogP contribution is -2.55. The fourth-order valence-corrected chi connectivity index (χ4v) is 4.84. The minimum atomic E-state index is -0.275. The molecule has 1 amide bonds. The molecule has 3 rings (SSSR count). The average molecular weight is 372 g/mol. The van der Waals surface area contributed by atoms with Crippen molar-refractivity contribution in [2.75, 3.05) is 18.4 Å². The van der Waals surface area contributed by atoms with Gasteiger partial charge >= 0.3 is 0 Å². The number of ether oxygens (including phenoxy) is 1. The van der Waals surface area contributed by atoms with E-state index < -0.39 is 0 Å². The summed E-state index contributed by atoms with van der Waals surface area (Å²) in [4.78, 5) is 17.1. The first-order valence-corrected chi connectivity index (χ1v) is 9.57. The highest BCUT2D eigenvalue weighted by atomic mass is 79.9. The Kier molecular flexibility index (Phi) is 4.44. The number of carbonyl (C=O) groups is 1. The van der Waals surface area contributed by atoms with Gasteiger partial charge < -0.3 is 9.64 Å². The van der Waals surface area contributed by atoms with Crippen LogP contribution >= 0.6 is 27.3 Å². The van der Waals surface area contributed by atoms with Crippen LogP contribution in [-0.4, -0.2) is 40.9 Å². The van der Waals surface area contributed by atoms with Gasteiger partial charge in [0.05, 0.1) is 16.6 Å². The Labute approximate surface area is 138 Å². The first-order chi connectivity index (χ1) is 9.98. The van der Waals surface area contributed by atoms with Crippen molar-refractivity contribution in [1.82, 2.24) is 4.90 Å². The third-order valence-electron chi connectivity index (χ3n) is 4.15. The molecule has 21 heavy (non-hydrogen) atoms. The first-order valence-electron chi connectivity index (χ1n) is 7.63. The van der Waals surface area contributed by atoms with Crippen LogP contribution in [0, 0.1) is 0 Å². The molecule has 0 spiro atoms. The van der Waals surface area contributed by atoms with Crippen molar-refractivity contribution in [3.8, 4) is 0 Å². The molecule has 1 fully saturated rings. The minimum Gasteiger partial charge on any atom is -0.368 e. The zero-order chi connectivity index (χ0) is 15.0. The molecule has 2 heterocycles. The summed E-state index contributed by atoms with van der Waals surface area (Å²) in [5.41, 5.74) is 1.13. The van der Waals surface area contributed by atoms with Crippen LogP contribution in [0.4, 0.5) is 0 Å². The van der Waals surface area contributed by atoms with Crippen LogP contribution in [0.3, 0.4) is 0 Å². The summed E-state index contributed by atoms with van der Waals surface area (Å²) in [5.74, 6) is 0.178. The second-order valence-electron chi connectivity index (χ2n) is 6.61. The van der Waals surface area contributed by atoms with E-state index in [1.54, 1.807) is 11.3 Å². The minimum absolute atomic E-state index is 0.0762. The molecular weight excluding hydrogens is 350 g/mol.